The van der Waals surface area contributed by atoms with Crippen molar-refractivity contribution in [1.82, 2.24) is 19.9 Å². The first-order chi connectivity index (χ1) is 24.2. The van der Waals surface area contributed by atoms with Crippen LogP contribution in [0.15, 0.2) is 170 Å². The van der Waals surface area contributed by atoms with Gasteiger partial charge in [-0.3, -0.25) is 0 Å². The summed E-state index contributed by atoms with van der Waals surface area (Å²) in [4.78, 5) is 20.0. The van der Waals surface area contributed by atoms with Crippen molar-refractivity contribution in [3.8, 4) is 67.0 Å². The molecule has 2 heterocycles. The molecule has 0 aliphatic carbocycles. The van der Waals surface area contributed by atoms with E-state index in [1.807, 2.05) is 42.5 Å². The molecule has 0 radical (unpaired) electrons. The van der Waals surface area contributed by atoms with Crippen LogP contribution in [0.25, 0.3) is 88.0 Å². The highest BCUT2D eigenvalue weighted by atomic mass is 32.1. The molecule has 0 atom stereocenters. The maximum Gasteiger partial charge on any atom is 0.164 e. The molecule has 5 heteroatoms. The average molecular weight is 645 g/mol. The van der Waals surface area contributed by atoms with E-state index in [2.05, 4.69) is 127 Å². The molecule has 0 bridgehead atoms. The third-order valence-electron chi connectivity index (χ3n) is 8.74. The number of hydrogen-bond acceptors (Lipinski definition) is 5. The number of thiazole rings is 1. The number of nitrogens with zero attached hydrogens (tertiary/aromatic N) is 4. The molecule has 0 aliphatic heterocycles. The van der Waals surface area contributed by atoms with Gasteiger partial charge in [0.2, 0.25) is 0 Å². The molecule has 0 saturated heterocycles. The molecule has 0 amide bonds. The molecule has 230 valence electrons. The molecule has 9 rings (SSSR count). The van der Waals surface area contributed by atoms with Crippen LogP contribution < -0.4 is 0 Å². The Labute approximate surface area is 288 Å². The summed E-state index contributed by atoms with van der Waals surface area (Å²) in [5.41, 5.74) is 9.46. The lowest BCUT2D eigenvalue weighted by Gasteiger charge is -2.11. The van der Waals surface area contributed by atoms with E-state index < -0.39 is 0 Å². The Morgan fingerprint density at radius 3 is 1.43 bits per heavy atom. The van der Waals surface area contributed by atoms with Crippen LogP contribution in [0.4, 0.5) is 0 Å². The van der Waals surface area contributed by atoms with Gasteiger partial charge in [0.25, 0.3) is 0 Å². The van der Waals surface area contributed by atoms with Crippen LogP contribution in [0.1, 0.15) is 0 Å². The van der Waals surface area contributed by atoms with Gasteiger partial charge in [-0.15, -0.1) is 11.3 Å². The minimum atomic E-state index is 0.633. The normalized spacial score (nSPS) is 11.3. The first-order valence-electron chi connectivity index (χ1n) is 16.2. The Kier molecular flexibility index (Phi) is 7.30. The molecule has 0 saturated carbocycles. The first kappa shape index (κ1) is 28.9. The zero-order valence-corrected chi connectivity index (χ0v) is 27.2. The predicted molar refractivity (Wildman–Crippen MR) is 203 cm³/mol. The number of fused-ring (bicyclic) bond motifs is 3. The fourth-order valence-corrected chi connectivity index (χ4v) is 7.34. The van der Waals surface area contributed by atoms with Crippen LogP contribution in [0.2, 0.25) is 0 Å². The summed E-state index contributed by atoms with van der Waals surface area (Å²) in [6.45, 7) is 0. The number of aromatic nitrogens is 4. The van der Waals surface area contributed by atoms with E-state index in [4.69, 9.17) is 19.9 Å². The van der Waals surface area contributed by atoms with Crippen molar-refractivity contribution in [3.05, 3.63) is 170 Å². The molecule has 9 aromatic rings. The van der Waals surface area contributed by atoms with E-state index in [1.165, 1.54) is 15.5 Å². The van der Waals surface area contributed by atoms with Crippen molar-refractivity contribution in [2.75, 3.05) is 0 Å². The van der Waals surface area contributed by atoms with Gasteiger partial charge in [-0.05, 0) is 51.9 Å². The molecule has 7 aromatic carbocycles. The van der Waals surface area contributed by atoms with Gasteiger partial charge in [0, 0.05) is 27.6 Å². The van der Waals surface area contributed by atoms with E-state index in [0.29, 0.717) is 17.5 Å². The van der Waals surface area contributed by atoms with Crippen LogP contribution in [-0.2, 0) is 0 Å². The lowest BCUT2D eigenvalue weighted by molar-refractivity contribution is 1.07. The highest BCUT2D eigenvalue weighted by Crippen LogP contribution is 2.37. The van der Waals surface area contributed by atoms with Gasteiger partial charge in [0.15, 0.2) is 17.5 Å². The Bertz CT molecular complexity index is 2600. The second-order valence-electron chi connectivity index (χ2n) is 11.9. The Morgan fingerprint density at radius 1 is 0.327 bits per heavy atom. The second-order valence-corrected chi connectivity index (χ2v) is 12.9. The van der Waals surface area contributed by atoms with E-state index in [0.717, 1.165) is 55.0 Å². The predicted octanol–water partition coefficient (Wildman–Crippen LogP) is 11.6. The molecule has 0 unspecified atom stereocenters. The van der Waals surface area contributed by atoms with Crippen molar-refractivity contribution in [3.63, 3.8) is 0 Å². The summed E-state index contributed by atoms with van der Waals surface area (Å²) in [5, 5.41) is 3.43. The molecule has 0 spiro atoms. The fourth-order valence-electron chi connectivity index (χ4n) is 6.25. The topological polar surface area (TPSA) is 51.6 Å². The molecule has 4 nitrogen and oxygen atoms in total. The van der Waals surface area contributed by atoms with E-state index >= 15 is 0 Å². The van der Waals surface area contributed by atoms with Crippen molar-refractivity contribution >= 4 is 32.3 Å². The van der Waals surface area contributed by atoms with Crippen LogP contribution in [0.3, 0.4) is 0 Å². The zero-order valence-electron chi connectivity index (χ0n) is 26.4. The van der Waals surface area contributed by atoms with E-state index in [9.17, 15) is 0 Å². The summed E-state index contributed by atoms with van der Waals surface area (Å²) in [6, 6.07) is 58.7. The highest BCUT2D eigenvalue weighted by Gasteiger charge is 2.15. The van der Waals surface area contributed by atoms with Gasteiger partial charge in [0.05, 0.1) is 10.2 Å². The third kappa shape index (κ3) is 5.67. The first-order valence-corrected chi connectivity index (χ1v) is 17.0. The van der Waals surface area contributed by atoms with Crippen LogP contribution in [0.5, 0.6) is 0 Å². The average Bonchev–Trinajstić information content (AvgIpc) is 3.64. The fraction of sp³-hybridized carbons (Fsp3) is 0. The van der Waals surface area contributed by atoms with E-state index in [-0.39, 0.29) is 0 Å². The molecule has 2 aromatic heterocycles. The largest absolute Gasteiger partial charge is 0.236 e. The minimum absolute atomic E-state index is 0.633. The van der Waals surface area contributed by atoms with Gasteiger partial charge in [0.1, 0.15) is 5.01 Å². The van der Waals surface area contributed by atoms with E-state index in [1.54, 1.807) is 11.3 Å². The maximum atomic E-state index is 5.06. The number of hydrogen-bond donors (Lipinski definition) is 0. The molecule has 0 N–H and O–H groups in total. The SMILES string of the molecule is c1ccc(-c2cccc(-c3nc(-c4ccccc4)nc(-c4cccc(-c5ccc6ccc7nc(-c8ccccc8)sc7c6c5)c4)n3)c2)cc1. The lowest BCUT2D eigenvalue weighted by atomic mass is 9.99. The van der Waals surface area contributed by atoms with Gasteiger partial charge < -0.3 is 0 Å². The van der Waals surface area contributed by atoms with Crippen LogP contribution in [-0.4, -0.2) is 19.9 Å². The standard InChI is InChI=1S/C44H28N4S/c1-4-12-29(13-5-1)33-18-10-20-36(26-33)42-46-41(31-14-6-2-7-15-31)47-43(48-42)37-21-11-19-34(27-37)35-23-22-30-24-25-39-40(38(30)28-35)49-44(45-39)32-16-8-3-9-17-32/h1-28H. The quantitative estimate of drug-likeness (QED) is 0.181. The van der Waals surface area contributed by atoms with Crippen molar-refractivity contribution in [2.24, 2.45) is 0 Å². The summed E-state index contributed by atoms with van der Waals surface area (Å²) in [5.74, 6) is 1.91. The highest BCUT2D eigenvalue weighted by molar-refractivity contribution is 7.22. The van der Waals surface area contributed by atoms with Crippen molar-refractivity contribution in [2.45, 2.75) is 0 Å². The summed E-state index contributed by atoms with van der Waals surface area (Å²) in [7, 11) is 0. The van der Waals surface area contributed by atoms with Crippen LogP contribution in [0, 0.1) is 0 Å². The van der Waals surface area contributed by atoms with Gasteiger partial charge in [-0.1, -0.05) is 146 Å². The summed E-state index contributed by atoms with van der Waals surface area (Å²) < 4.78 is 1.20. The summed E-state index contributed by atoms with van der Waals surface area (Å²) in [6.07, 6.45) is 0. The molecule has 49 heavy (non-hydrogen) atoms. The second kappa shape index (κ2) is 12.4. The molecule has 0 fully saturated rings. The van der Waals surface area contributed by atoms with Gasteiger partial charge >= 0.3 is 0 Å². The molecular formula is C44H28N4S. The monoisotopic (exact) mass is 644 g/mol. The van der Waals surface area contributed by atoms with Crippen LogP contribution >= 0.6 is 11.3 Å². The summed E-state index contributed by atoms with van der Waals surface area (Å²) >= 11 is 1.74. The van der Waals surface area contributed by atoms with Gasteiger partial charge in [-0.2, -0.15) is 0 Å². The van der Waals surface area contributed by atoms with Gasteiger partial charge in [-0.25, -0.2) is 19.9 Å². The lowest BCUT2D eigenvalue weighted by Crippen LogP contribution is -2.00. The third-order valence-corrected chi connectivity index (χ3v) is 9.90. The Balaban J connectivity index is 1.15. The van der Waals surface area contributed by atoms with Crippen molar-refractivity contribution in [1.29, 1.82) is 0 Å². The molecular weight excluding hydrogens is 617 g/mol. The number of benzene rings is 7. The maximum absolute atomic E-state index is 5.06. The zero-order chi connectivity index (χ0) is 32.6. The smallest absolute Gasteiger partial charge is 0.164 e. The Hall–Kier alpha value is -6.30. The Morgan fingerprint density at radius 2 is 0.796 bits per heavy atom. The molecule has 0 aliphatic rings. The van der Waals surface area contributed by atoms with Crippen molar-refractivity contribution < 1.29 is 0 Å². The number of rotatable bonds is 6. The minimum Gasteiger partial charge on any atom is -0.236 e.